The number of rotatable bonds is 3. The second-order valence-electron chi connectivity index (χ2n) is 4.92. The lowest BCUT2D eigenvalue weighted by Gasteiger charge is -2.21. The molecule has 2 N–H and O–H groups in total. The fourth-order valence-corrected chi connectivity index (χ4v) is 1.31. The Morgan fingerprint density at radius 3 is 2.29 bits per heavy atom. The molecule has 0 aromatic heterocycles. The molecule has 0 spiro atoms. The largest absolute Gasteiger partial charge is 0.508 e. The summed E-state index contributed by atoms with van der Waals surface area (Å²) in [6.45, 7) is 5.24. The molecular formula is C13H18O4. The lowest BCUT2D eigenvalue weighted by Crippen LogP contribution is -2.32. The zero-order chi connectivity index (χ0) is 13.1. The lowest BCUT2D eigenvalue weighted by atomic mass is 10.1. The summed E-state index contributed by atoms with van der Waals surface area (Å²) >= 11 is 0. The molecule has 0 bridgehead atoms. The highest BCUT2D eigenvalue weighted by atomic mass is 16.6. The molecule has 0 aliphatic rings. The van der Waals surface area contributed by atoms with Crippen molar-refractivity contribution in [2.45, 2.75) is 38.9 Å². The number of hydrogen-bond acceptors (Lipinski definition) is 4. The summed E-state index contributed by atoms with van der Waals surface area (Å²) in [5.41, 5.74) is 0.161. The number of aromatic hydroxyl groups is 1. The number of carbonyl (C=O) groups excluding carboxylic acids is 1. The molecule has 4 heteroatoms. The van der Waals surface area contributed by atoms with Crippen LogP contribution >= 0.6 is 0 Å². The molecule has 94 valence electrons. The van der Waals surface area contributed by atoms with Gasteiger partial charge in [-0.15, -0.1) is 0 Å². The number of benzene rings is 1. The SMILES string of the molecule is CC(C)(C)OC(=O)[C@@H](O)Cc1ccc(O)cc1. The number of carbonyl (C=O) groups is 1. The van der Waals surface area contributed by atoms with Crippen molar-refractivity contribution in [2.24, 2.45) is 0 Å². The van der Waals surface area contributed by atoms with Gasteiger partial charge in [0.2, 0.25) is 0 Å². The van der Waals surface area contributed by atoms with Crippen LogP contribution in [0.4, 0.5) is 0 Å². The maximum atomic E-state index is 11.5. The van der Waals surface area contributed by atoms with E-state index in [0.29, 0.717) is 0 Å². The Bertz CT molecular complexity index is 375. The van der Waals surface area contributed by atoms with Crippen LogP contribution in [-0.4, -0.2) is 27.9 Å². The van der Waals surface area contributed by atoms with Crippen LogP contribution in [-0.2, 0) is 16.0 Å². The first-order valence-electron chi connectivity index (χ1n) is 5.47. The number of esters is 1. The molecule has 1 aromatic carbocycles. The van der Waals surface area contributed by atoms with Gasteiger partial charge in [-0.3, -0.25) is 0 Å². The van der Waals surface area contributed by atoms with Gasteiger partial charge in [-0.05, 0) is 38.5 Å². The summed E-state index contributed by atoms with van der Waals surface area (Å²) < 4.78 is 5.06. The topological polar surface area (TPSA) is 66.8 Å². The molecule has 4 nitrogen and oxygen atoms in total. The fourth-order valence-electron chi connectivity index (χ4n) is 1.31. The van der Waals surface area contributed by atoms with Gasteiger partial charge in [0.15, 0.2) is 6.10 Å². The summed E-state index contributed by atoms with van der Waals surface area (Å²) in [7, 11) is 0. The molecule has 0 radical (unpaired) electrons. The Kier molecular flexibility index (Phi) is 4.12. The molecule has 0 fully saturated rings. The summed E-state index contributed by atoms with van der Waals surface area (Å²) in [4.78, 5) is 11.5. The van der Waals surface area contributed by atoms with E-state index in [1.54, 1.807) is 32.9 Å². The third kappa shape index (κ3) is 4.87. The van der Waals surface area contributed by atoms with E-state index < -0.39 is 17.7 Å². The van der Waals surface area contributed by atoms with E-state index in [2.05, 4.69) is 0 Å². The molecule has 1 aromatic rings. The van der Waals surface area contributed by atoms with Crippen molar-refractivity contribution in [2.75, 3.05) is 0 Å². The second-order valence-corrected chi connectivity index (χ2v) is 4.92. The first-order chi connectivity index (χ1) is 7.78. The normalized spacial score (nSPS) is 13.2. The van der Waals surface area contributed by atoms with Gasteiger partial charge in [-0.2, -0.15) is 0 Å². The first kappa shape index (κ1) is 13.5. The van der Waals surface area contributed by atoms with E-state index in [0.717, 1.165) is 5.56 Å². The molecule has 17 heavy (non-hydrogen) atoms. The van der Waals surface area contributed by atoms with E-state index >= 15 is 0 Å². The van der Waals surface area contributed by atoms with E-state index in [-0.39, 0.29) is 12.2 Å². The van der Waals surface area contributed by atoms with Gasteiger partial charge in [-0.25, -0.2) is 4.79 Å². The molecular weight excluding hydrogens is 220 g/mol. The Labute approximate surface area is 101 Å². The Hall–Kier alpha value is -1.55. The summed E-state index contributed by atoms with van der Waals surface area (Å²) in [6, 6.07) is 6.33. The standard InChI is InChI=1S/C13H18O4/c1-13(2,3)17-12(16)11(15)8-9-4-6-10(14)7-5-9/h4-7,11,14-15H,8H2,1-3H3/t11-/m0/s1. The van der Waals surface area contributed by atoms with Crippen molar-refractivity contribution in [3.8, 4) is 5.75 Å². The average molecular weight is 238 g/mol. The number of hydrogen-bond donors (Lipinski definition) is 2. The number of aliphatic hydroxyl groups excluding tert-OH is 1. The van der Waals surface area contributed by atoms with Crippen LogP contribution in [0.1, 0.15) is 26.3 Å². The predicted molar refractivity (Wildman–Crippen MR) is 63.7 cm³/mol. The summed E-state index contributed by atoms with van der Waals surface area (Å²) in [5.74, 6) is -0.480. The monoisotopic (exact) mass is 238 g/mol. The van der Waals surface area contributed by atoms with Gasteiger partial charge in [0.05, 0.1) is 0 Å². The number of phenols is 1. The van der Waals surface area contributed by atoms with Crippen LogP contribution < -0.4 is 0 Å². The summed E-state index contributed by atoms with van der Waals surface area (Å²) in [5, 5.41) is 18.8. The van der Waals surface area contributed by atoms with Crippen LogP contribution in [0, 0.1) is 0 Å². The van der Waals surface area contributed by atoms with Crippen molar-refractivity contribution in [1.29, 1.82) is 0 Å². The molecule has 0 amide bonds. The van der Waals surface area contributed by atoms with Gasteiger partial charge in [0.25, 0.3) is 0 Å². The Morgan fingerprint density at radius 2 is 1.82 bits per heavy atom. The number of phenolic OH excluding ortho intramolecular Hbond substituents is 1. The molecule has 1 rings (SSSR count). The minimum absolute atomic E-state index is 0.153. The van der Waals surface area contributed by atoms with Crippen molar-refractivity contribution < 1.29 is 19.7 Å². The number of aliphatic hydroxyl groups is 1. The lowest BCUT2D eigenvalue weighted by molar-refractivity contribution is -0.164. The summed E-state index contributed by atoms with van der Waals surface area (Å²) in [6.07, 6.45) is -1.01. The zero-order valence-corrected chi connectivity index (χ0v) is 10.3. The van der Waals surface area contributed by atoms with E-state index in [4.69, 9.17) is 9.84 Å². The third-order valence-electron chi connectivity index (χ3n) is 2.04. The average Bonchev–Trinajstić information content (AvgIpc) is 2.19. The Balaban J connectivity index is 2.57. The smallest absolute Gasteiger partial charge is 0.335 e. The quantitative estimate of drug-likeness (QED) is 0.785. The third-order valence-corrected chi connectivity index (χ3v) is 2.04. The van der Waals surface area contributed by atoms with Crippen LogP contribution in [0.15, 0.2) is 24.3 Å². The Morgan fingerprint density at radius 1 is 1.29 bits per heavy atom. The molecule has 0 unspecified atom stereocenters. The van der Waals surface area contributed by atoms with E-state index in [9.17, 15) is 9.90 Å². The minimum Gasteiger partial charge on any atom is -0.508 e. The van der Waals surface area contributed by atoms with Gasteiger partial charge in [0.1, 0.15) is 11.4 Å². The predicted octanol–water partition coefficient (Wildman–Crippen LogP) is 1.64. The first-order valence-corrected chi connectivity index (χ1v) is 5.47. The van der Waals surface area contributed by atoms with E-state index in [1.807, 2.05) is 0 Å². The highest BCUT2D eigenvalue weighted by molar-refractivity contribution is 5.75. The fraction of sp³-hybridized carbons (Fsp3) is 0.462. The van der Waals surface area contributed by atoms with Crippen LogP contribution in [0.5, 0.6) is 5.75 Å². The maximum absolute atomic E-state index is 11.5. The zero-order valence-electron chi connectivity index (χ0n) is 10.3. The highest BCUT2D eigenvalue weighted by Gasteiger charge is 2.23. The highest BCUT2D eigenvalue weighted by Crippen LogP contribution is 2.13. The molecule has 0 heterocycles. The van der Waals surface area contributed by atoms with Crippen molar-refractivity contribution in [3.63, 3.8) is 0 Å². The minimum atomic E-state index is -1.18. The van der Waals surface area contributed by atoms with Gasteiger partial charge >= 0.3 is 5.97 Å². The van der Waals surface area contributed by atoms with Crippen molar-refractivity contribution in [3.05, 3.63) is 29.8 Å². The molecule has 1 atom stereocenters. The molecule has 0 saturated heterocycles. The van der Waals surface area contributed by atoms with Crippen LogP contribution in [0.3, 0.4) is 0 Å². The van der Waals surface area contributed by atoms with Gasteiger partial charge in [0, 0.05) is 6.42 Å². The van der Waals surface area contributed by atoms with Crippen LogP contribution in [0.2, 0.25) is 0 Å². The molecule has 0 aliphatic carbocycles. The van der Waals surface area contributed by atoms with Crippen molar-refractivity contribution in [1.82, 2.24) is 0 Å². The molecule has 0 saturated carbocycles. The second kappa shape index (κ2) is 5.19. The van der Waals surface area contributed by atoms with Crippen molar-refractivity contribution >= 4 is 5.97 Å². The van der Waals surface area contributed by atoms with Crippen LogP contribution in [0.25, 0.3) is 0 Å². The maximum Gasteiger partial charge on any atom is 0.335 e. The molecule has 0 aliphatic heterocycles. The van der Waals surface area contributed by atoms with Gasteiger partial charge < -0.3 is 14.9 Å². The van der Waals surface area contributed by atoms with E-state index in [1.165, 1.54) is 12.1 Å². The number of ether oxygens (including phenoxy) is 1. The van der Waals surface area contributed by atoms with Gasteiger partial charge in [-0.1, -0.05) is 12.1 Å².